The molecule has 1 aromatic carbocycles. The van der Waals surface area contributed by atoms with Crippen LogP contribution < -0.4 is 0 Å². The molecule has 1 aliphatic carbocycles. The molecule has 88 valence electrons. The van der Waals surface area contributed by atoms with Crippen molar-refractivity contribution in [3.63, 3.8) is 0 Å². The molecule has 0 spiro atoms. The maximum absolute atomic E-state index is 13.4. The Labute approximate surface area is 99.4 Å². The van der Waals surface area contributed by atoms with Crippen molar-refractivity contribution in [3.8, 4) is 0 Å². The lowest BCUT2D eigenvalue weighted by Gasteiger charge is -2.09. The smallest absolute Gasteiger partial charge is 0.338 e. The van der Waals surface area contributed by atoms with Gasteiger partial charge >= 0.3 is 5.97 Å². The molecule has 0 N–H and O–H groups in total. The lowest BCUT2D eigenvalue weighted by Crippen LogP contribution is -2.07. The third-order valence-corrected chi connectivity index (χ3v) is 2.59. The Morgan fingerprint density at radius 2 is 2.12 bits per heavy atom. The predicted octanol–water partition coefficient (Wildman–Crippen LogP) is 3.04. The minimum absolute atomic E-state index is 0.218. The van der Waals surface area contributed by atoms with Crippen molar-refractivity contribution in [2.45, 2.75) is 13.3 Å². The van der Waals surface area contributed by atoms with Gasteiger partial charge in [0.1, 0.15) is 5.83 Å². The lowest BCUT2D eigenvalue weighted by molar-refractivity contribution is -0.136. The van der Waals surface area contributed by atoms with Crippen molar-refractivity contribution in [1.82, 2.24) is 0 Å². The second-order valence-electron chi connectivity index (χ2n) is 3.75. The Kier molecular flexibility index (Phi) is 3.38. The van der Waals surface area contributed by atoms with Crippen LogP contribution in [0.4, 0.5) is 4.39 Å². The van der Waals surface area contributed by atoms with Gasteiger partial charge in [-0.15, -0.1) is 0 Å². The first-order chi connectivity index (χ1) is 8.22. The molecule has 1 aromatic rings. The number of carbonyl (C=O) groups is 1. The van der Waals surface area contributed by atoms with Gasteiger partial charge in [-0.1, -0.05) is 24.3 Å². The van der Waals surface area contributed by atoms with E-state index in [1.54, 1.807) is 6.92 Å². The molecule has 2 rings (SSSR count). The third-order valence-electron chi connectivity index (χ3n) is 2.59. The van der Waals surface area contributed by atoms with Crippen molar-refractivity contribution in [3.05, 3.63) is 53.4 Å². The molecular weight excluding hydrogens is 219 g/mol. The molecule has 0 bridgehead atoms. The van der Waals surface area contributed by atoms with E-state index in [2.05, 4.69) is 0 Å². The molecule has 17 heavy (non-hydrogen) atoms. The van der Waals surface area contributed by atoms with E-state index >= 15 is 0 Å². The normalized spacial score (nSPS) is 14.2. The van der Waals surface area contributed by atoms with E-state index in [0.29, 0.717) is 12.2 Å². The number of carbonyl (C=O) groups excluding carboxylic acids is 1. The second-order valence-corrected chi connectivity index (χ2v) is 3.75. The van der Waals surface area contributed by atoms with E-state index in [0.717, 1.165) is 11.1 Å². The zero-order valence-electron chi connectivity index (χ0n) is 9.57. The van der Waals surface area contributed by atoms with Crippen molar-refractivity contribution in [2.75, 3.05) is 6.61 Å². The average molecular weight is 232 g/mol. The van der Waals surface area contributed by atoms with Crippen LogP contribution in [0, 0.1) is 0 Å². The predicted molar refractivity (Wildman–Crippen MR) is 63.9 cm³/mol. The second kappa shape index (κ2) is 4.95. The number of esters is 1. The highest BCUT2D eigenvalue weighted by Crippen LogP contribution is 2.26. The quantitative estimate of drug-likeness (QED) is 0.732. The Morgan fingerprint density at radius 3 is 2.88 bits per heavy atom. The first-order valence-electron chi connectivity index (χ1n) is 5.54. The first-order valence-corrected chi connectivity index (χ1v) is 5.54. The molecule has 0 unspecified atom stereocenters. The molecular formula is C14H13FO2. The van der Waals surface area contributed by atoms with Gasteiger partial charge in [0.05, 0.1) is 12.2 Å². The fourth-order valence-electron chi connectivity index (χ4n) is 1.83. The van der Waals surface area contributed by atoms with Gasteiger partial charge in [-0.05, 0) is 30.2 Å². The van der Waals surface area contributed by atoms with Crippen molar-refractivity contribution in [1.29, 1.82) is 0 Å². The van der Waals surface area contributed by atoms with Crippen LogP contribution in [-0.2, 0) is 16.0 Å². The van der Waals surface area contributed by atoms with E-state index in [4.69, 9.17) is 4.74 Å². The minimum atomic E-state index is -0.411. The number of hydrogen-bond donors (Lipinski definition) is 0. The number of fused-ring (bicyclic) bond motifs is 1. The van der Waals surface area contributed by atoms with Crippen LogP contribution in [0.2, 0.25) is 0 Å². The number of benzene rings is 1. The standard InChI is InChI=1S/C14H13FO2/c1-2-17-14(16)13-8-7-11(15)9-10-5-3-4-6-12(10)13/h3-8H,2,9H2,1H3. The summed E-state index contributed by atoms with van der Waals surface area (Å²) in [7, 11) is 0. The average Bonchev–Trinajstić information content (AvgIpc) is 2.47. The number of rotatable bonds is 2. The monoisotopic (exact) mass is 232 g/mol. The van der Waals surface area contributed by atoms with Crippen LogP contribution in [0.1, 0.15) is 18.1 Å². The van der Waals surface area contributed by atoms with E-state index < -0.39 is 5.97 Å². The molecule has 0 heterocycles. The zero-order chi connectivity index (χ0) is 12.3. The molecule has 2 nitrogen and oxygen atoms in total. The van der Waals surface area contributed by atoms with Gasteiger partial charge in [-0.2, -0.15) is 0 Å². The SMILES string of the molecule is CCOC(=O)C1=CC=C(F)Cc2ccccc21. The molecule has 0 aromatic heterocycles. The summed E-state index contributed by atoms with van der Waals surface area (Å²) in [5.41, 5.74) is 1.96. The van der Waals surface area contributed by atoms with Gasteiger partial charge in [-0.3, -0.25) is 0 Å². The molecule has 1 aliphatic rings. The Morgan fingerprint density at radius 1 is 1.35 bits per heavy atom. The lowest BCUT2D eigenvalue weighted by atomic mass is 9.99. The summed E-state index contributed by atoms with van der Waals surface area (Å²) in [6.07, 6.45) is 3.03. The molecule has 0 atom stereocenters. The summed E-state index contributed by atoms with van der Waals surface area (Å²) in [6.45, 7) is 2.06. The molecule has 0 amide bonds. The summed E-state index contributed by atoms with van der Waals surface area (Å²) >= 11 is 0. The topological polar surface area (TPSA) is 26.3 Å². The maximum atomic E-state index is 13.4. The molecule has 0 fully saturated rings. The molecule has 0 radical (unpaired) electrons. The Bertz CT molecular complexity index is 501. The molecule has 0 saturated carbocycles. The summed E-state index contributed by atoms with van der Waals surface area (Å²) in [4.78, 5) is 11.8. The minimum Gasteiger partial charge on any atom is -0.462 e. The summed E-state index contributed by atoms with van der Waals surface area (Å²) in [5, 5.41) is 0. The largest absolute Gasteiger partial charge is 0.462 e. The van der Waals surface area contributed by atoms with Crippen LogP contribution >= 0.6 is 0 Å². The van der Waals surface area contributed by atoms with Gasteiger partial charge in [0.2, 0.25) is 0 Å². The molecule has 0 aliphatic heterocycles. The number of halogens is 1. The van der Waals surface area contributed by atoms with Gasteiger partial charge in [0.15, 0.2) is 0 Å². The maximum Gasteiger partial charge on any atom is 0.338 e. The summed E-state index contributed by atoms with van der Waals surface area (Å²) < 4.78 is 18.4. The third kappa shape index (κ3) is 2.44. The van der Waals surface area contributed by atoms with Gasteiger partial charge in [-0.25, -0.2) is 9.18 Å². The van der Waals surface area contributed by atoms with Crippen LogP contribution in [0.15, 0.2) is 42.2 Å². The summed E-state index contributed by atoms with van der Waals surface area (Å²) in [5.74, 6) is -0.664. The first kappa shape index (κ1) is 11.6. The van der Waals surface area contributed by atoms with Crippen LogP contribution in [-0.4, -0.2) is 12.6 Å². The molecule has 3 heteroatoms. The van der Waals surface area contributed by atoms with Crippen molar-refractivity contribution < 1.29 is 13.9 Å². The highest BCUT2D eigenvalue weighted by molar-refractivity contribution is 6.17. The fraction of sp³-hybridized carbons (Fsp3) is 0.214. The number of ether oxygens (including phenoxy) is 1. The fourth-order valence-corrected chi connectivity index (χ4v) is 1.83. The zero-order valence-corrected chi connectivity index (χ0v) is 9.57. The van der Waals surface area contributed by atoms with Gasteiger partial charge in [0, 0.05) is 6.42 Å². The highest BCUT2D eigenvalue weighted by atomic mass is 19.1. The summed E-state index contributed by atoms with van der Waals surface area (Å²) in [6, 6.07) is 7.29. The molecule has 0 saturated heterocycles. The van der Waals surface area contributed by atoms with Crippen molar-refractivity contribution in [2.24, 2.45) is 0 Å². The van der Waals surface area contributed by atoms with Gasteiger partial charge in [0.25, 0.3) is 0 Å². The van der Waals surface area contributed by atoms with Crippen LogP contribution in [0.3, 0.4) is 0 Å². The van der Waals surface area contributed by atoms with Crippen LogP contribution in [0.25, 0.3) is 5.57 Å². The number of hydrogen-bond acceptors (Lipinski definition) is 2. The van der Waals surface area contributed by atoms with E-state index in [1.807, 2.05) is 24.3 Å². The Balaban J connectivity index is 2.47. The van der Waals surface area contributed by atoms with E-state index in [-0.39, 0.29) is 12.2 Å². The Hall–Kier alpha value is -1.90. The highest BCUT2D eigenvalue weighted by Gasteiger charge is 2.18. The van der Waals surface area contributed by atoms with E-state index in [1.165, 1.54) is 12.2 Å². The van der Waals surface area contributed by atoms with E-state index in [9.17, 15) is 9.18 Å². The van der Waals surface area contributed by atoms with Gasteiger partial charge < -0.3 is 4.74 Å². The van der Waals surface area contributed by atoms with Crippen LogP contribution in [0.5, 0.6) is 0 Å². The van der Waals surface area contributed by atoms with Crippen molar-refractivity contribution >= 4 is 11.5 Å². The number of allylic oxidation sites excluding steroid dienone is 3.